The molecule has 0 saturated carbocycles. The topological polar surface area (TPSA) is 69.0 Å². The van der Waals surface area contributed by atoms with Crippen LogP contribution in [-0.4, -0.2) is 65.9 Å². The van der Waals surface area contributed by atoms with Gasteiger partial charge >= 0.3 is 0 Å². The number of rotatable bonds is 14. The Labute approximate surface area is 200 Å². The molecule has 0 fully saturated rings. The molecule has 1 unspecified atom stereocenters. The number of benzene rings is 2. The van der Waals surface area contributed by atoms with E-state index in [-0.39, 0.29) is 12.4 Å². The van der Waals surface area contributed by atoms with Gasteiger partial charge in [-0.3, -0.25) is 4.90 Å². The number of hydrogen-bond donors (Lipinski definition) is 1. The van der Waals surface area contributed by atoms with Crippen molar-refractivity contribution in [3.63, 3.8) is 0 Å². The molecule has 1 atom stereocenters. The predicted molar refractivity (Wildman–Crippen MR) is 129 cm³/mol. The quantitative estimate of drug-likeness (QED) is 0.283. The molecule has 1 heterocycles. The summed E-state index contributed by atoms with van der Waals surface area (Å²) in [6.07, 6.45) is 0.959. The van der Waals surface area contributed by atoms with Crippen LogP contribution in [0.5, 0.6) is 11.6 Å². The van der Waals surface area contributed by atoms with Crippen LogP contribution >= 0.6 is 0 Å². The number of aromatic nitrogens is 2. The molecule has 3 rings (SSSR count). The first-order chi connectivity index (χ1) is 16.5. The molecule has 0 radical (unpaired) electrons. The fourth-order valence-corrected chi connectivity index (χ4v) is 3.53. The van der Waals surface area contributed by atoms with Crippen molar-refractivity contribution in [3.8, 4) is 17.3 Å². The minimum absolute atomic E-state index is 0.199. The summed E-state index contributed by atoms with van der Waals surface area (Å²) in [5.41, 5.74) is 2.43. The Morgan fingerprint density at radius 2 is 2.00 bits per heavy atom. The van der Waals surface area contributed by atoms with Crippen molar-refractivity contribution >= 4 is 0 Å². The SMILES string of the molecule is C=CCOCC(O)CN(CCOC)Cc1c(C)nn(-c2ccccc2)c1Oc1cccc(F)c1. The van der Waals surface area contributed by atoms with Gasteiger partial charge in [0.05, 0.1) is 42.9 Å². The minimum Gasteiger partial charge on any atom is -0.438 e. The number of aliphatic hydroxyl groups is 1. The van der Waals surface area contributed by atoms with E-state index in [0.29, 0.717) is 44.5 Å². The number of aryl methyl sites for hydroxylation is 1. The lowest BCUT2D eigenvalue weighted by atomic mass is 10.2. The first-order valence-corrected chi connectivity index (χ1v) is 11.2. The maximum absolute atomic E-state index is 13.8. The van der Waals surface area contributed by atoms with Crippen LogP contribution in [0.25, 0.3) is 5.69 Å². The van der Waals surface area contributed by atoms with Crippen LogP contribution in [0, 0.1) is 12.7 Å². The molecule has 0 aliphatic heterocycles. The molecule has 0 spiro atoms. The second-order valence-electron chi connectivity index (χ2n) is 7.88. The summed E-state index contributed by atoms with van der Waals surface area (Å²) >= 11 is 0. The highest BCUT2D eigenvalue weighted by molar-refractivity contribution is 5.43. The summed E-state index contributed by atoms with van der Waals surface area (Å²) in [6.45, 7) is 8.01. The molecule has 0 aliphatic rings. The number of nitrogens with zero attached hydrogens (tertiary/aromatic N) is 3. The largest absolute Gasteiger partial charge is 0.438 e. The molecule has 34 heavy (non-hydrogen) atoms. The van der Waals surface area contributed by atoms with Crippen LogP contribution in [-0.2, 0) is 16.0 Å². The summed E-state index contributed by atoms with van der Waals surface area (Å²) in [5, 5.41) is 15.2. The van der Waals surface area contributed by atoms with Crippen molar-refractivity contribution < 1.29 is 23.7 Å². The van der Waals surface area contributed by atoms with Crippen LogP contribution in [0.3, 0.4) is 0 Å². The van der Waals surface area contributed by atoms with Crippen LogP contribution in [0.15, 0.2) is 67.3 Å². The van der Waals surface area contributed by atoms with Crippen LogP contribution < -0.4 is 4.74 Å². The zero-order valence-corrected chi connectivity index (χ0v) is 19.7. The molecule has 3 aromatic rings. The average molecular weight is 470 g/mol. The first-order valence-electron chi connectivity index (χ1n) is 11.2. The number of ether oxygens (including phenoxy) is 3. The number of para-hydroxylation sites is 1. The lowest BCUT2D eigenvalue weighted by molar-refractivity contribution is 0.0192. The van der Waals surface area contributed by atoms with Crippen LogP contribution in [0.4, 0.5) is 4.39 Å². The Balaban J connectivity index is 1.92. The van der Waals surface area contributed by atoms with E-state index in [4.69, 9.17) is 19.3 Å². The molecular weight excluding hydrogens is 437 g/mol. The summed E-state index contributed by atoms with van der Waals surface area (Å²) in [5.74, 6) is 0.486. The Hall–Kier alpha value is -3.04. The van der Waals surface area contributed by atoms with Crippen molar-refractivity contribution in [2.75, 3.05) is 40.0 Å². The van der Waals surface area contributed by atoms with Gasteiger partial charge in [-0.05, 0) is 31.2 Å². The molecule has 0 aliphatic carbocycles. The van der Waals surface area contributed by atoms with Gasteiger partial charge in [0, 0.05) is 32.8 Å². The highest BCUT2D eigenvalue weighted by Gasteiger charge is 2.22. The Morgan fingerprint density at radius 1 is 1.21 bits per heavy atom. The van der Waals surface area contributed by atoms with Gasteiger partial charge in [0.15, 0.2) is 0 Å². The van der Waals surface area contributed by atoms with Crippen molar-refractivity contribution in [1.29, 1.82) is 0 Å². The fraction of sp³-hybridized carbons (Fsp3) is 0.346. The molecule has 1 N–H and O–H groups in total. The molecule has 0 bridgehead atoms. The zero-order chi connectivity index (χ0) is 24.3. The van der Waals surface area contributed by atoms with Gasteiger partial charge in [-0.1, -0.05) is 30.3 Å². The molecular formula is C26H32FN3O4. The van der Waals surface area contributed by atoms with E-state index in [9.17, 15) is 9.50 Å². The first kappa shape index (κ1) is 25.6. The second kappa shape index (κ2) is 13.0. The number of methoxy groups -OCH3 is 1. The third-order valence-corrected chi connectivity index (χ3v) is 5.16. The second-order valence-corrected chi connectivity index (χ2v) is 7.88. The normalized spacial score (nSPS) is 12.1. The fourth-order valence-electron chi connectivity index (χ4n) is 3.53. The maximum Gasteiger partial charge on any atom is 0.227 e. The van der Waals surface area contributed by atoms with Crippen LogP contribution in [0.1, 0.15) is 11.3 Å². The van der Waals surface area contributed by atoms with Crippen LogP contribution in [0.2, 0.25) is 0 Å². The van der Waals surface area contributed by atoms with Gasteiger partial charge in [-0.25, -0.2) is 9.07 Å². The molecule has 1 aromatic heterocycles. The third-order valence-electron chi connectivity index (χ3n) is 5.16. The van der Waals surface area contributed by atoms with Crippen molar-refractivity contribution in [1.82, 2.24) is 14.7 Å². The Bertz CT molecular complexity index is 1040. The highest BCUT2D eigenvalue weighted by atomic mass is 19.1. The summed E-state index contributed by atoms with van der Waals surface area (Å²) in [7, 11) is 1.64. The van der Waals surface area contributed by atoms with E-state index in [1.165, 1.54) is 12.1 Å². The van der Waals surface area contributed by atoms with Crippen molar-refractivity contribution in [2.24, 2.45) is 0 Å². The summed E-state index contributed by atoms with van der Waals surface area (Å²) in [4.78, 5) is 2.06. The lowest BCUT2D eigenvalue weighted by Gasteiger charge is -2.25. The summed E-state index contributed by atoms with van der Waals surface area (Å²) in [6, 6.07) is 15.6. The highest BCUT2D eigenvalue weighted by Crippen LogP contribution is 2.32. The van der Waals surface area contributed by atoms with Gasteiger partial charge in [0.2, 0.25) is 5.88 Å². The monoisotopic (exact) mass is 469 g/mol. The zero-order valence-electron chi connectivity index (χ0n) is 19.7. The standard InChI is InChI=1S/C26H32FN3O4/c1-4-14-33-19-23(31)17-29(13-15-32-3)18-25-20(2)28-30(22-10-6-5-7-11-22)26(25)34-24-12-8-9-21(27)16-24/h4-12,16,23,31H,1,13-15,17-19H2,2-3H3. The Kier molecular flexibility index (Phi) is 9.78. The van der Waals surface area contributed by atoms with E-state index in [1.807, 2.05) is 37.3 Å². The van der Waals surface area contributed by atoms with Crippen molar-refractivity contribution in [3.05, 3.63) is 84.3 Å². The molecule has 2 aromatic carbocycles. The molecule has 182 valence electrons. The molecule has 0 saturated heterocycles. The molecule has 7 nitrogen and oxygen atoms in total. The van der Waals surface area contributed by atoms with Gasteiger partial charge in [-0.2, -0.15) is 5.10 Å². The van der Waals surface area contributed by atoms with Gasteiger partial charge in [0.25, 0.3) is 0 Å². The van der Waals surface area contributed by atoms with E-state index >= 15 is 0 Å². The van der Waals surface area contributed by atoms with Crippen molar-refractivity contribution in [2.45, 2.75) is 19.6 Å². The summed E-state index contributed by atoms with van der Waals surface area (Å²) < 4.78 is 32.4. The van der Waals surface area contributed by atoms with Gasteiger partial charge in [-0.15, -0.1) is 6.58 Å². The number of hydrogen-bond acceptors (Lipinski definition) is 6. The minimum atomic E-state index is -0.686. The smallest absolute Gasteiger partial charge is 0.227 e. The van der Waals surface area contributed by atoms with E-state index < -0.39 is 6.10 Å². The average Bonchev–Trinajstić information content (AvgIpc) is 3.13. The predicted octanol–water partition coefficient (Wildman–Crippen LogP) is 4.12. The van der Waals surface area contributed by atoms with E-state index in [0.717, 1.165) is 16.9 Å². The van der Waals surface area contributed by atoms with Gasteiger partial charge < -0.3 is 19.3 Å². The molecule has 0 amide bonds. The number of halogens is 1. The maximum atomic E-state index is 13.8. The van der Waals surface area contributed by atoms with E-state index in [1.54, 1.807) is 30.0 Å². The molecule has 8 heteroatoms. The lowest BCUT2D eigenvalue weighted by Crippen LogP contribution is -2.36. The third kappa shape index (κ3) is 7.23. The van der Waals surface area contributed by atoms with E-state index in [2.05, 4.69) is 11.5 Å². The Morgan fingerprint density at radius 3 is 2.71 bits per heavy atom. The van der Waals surface area contributed by atoms with Gasteiger partial charge in [0.1, 0.15) is 11.6 Å². The number of aliphatic hydroxyl groups excluding tert-OH is 1.